The molecule has 1 heterocycles. The predicted molar refractivity (Wildman–Crippen MR) is 100 cm³/mol. The normalized spacial score (nSPS) is 17.2. The summed E-state index contributed by atoms with van der Waals surface area (Å²) in [5.74, 6) is 0. The van der Waals surface area contributed by atoms with E-state index < -0.39 is 0 Å². The second kappa shape index (κ2) is 8.00. The average Bonchev–Trinajstić information content (AvgIpc) is 3.01. The molecule has 3 rings (SSSR count). The Morgan fingerprint density at radius 1 is 1.17 bits per heavy atom. The maximum atomic E-state index is 5.62. The van der Waals surface area contributed by atoms with Crippen LogP contribution in [0.2, 0.25) is 0 Å². The van der Waals surface area contributed by atoms with Gasteiger partial charge in [0.2, 0.25) is 0 Å². The first-order chi connectivity index (χ1) is 11.8. The minimum atomic E-state index is 0.375. The van der Waals surface area contributed by atoms with Gasteiger partial charge in [-0.1, -0.05) is 44.2 Å². The fraction of sp³-hybridized carbons (Fsp3) is 0.524. The molecule has 1 aromatic carbocycles. The third kappa shape index (κ3) is 3.57. The van der Waals surface area contributed by atoms with E-state index in [9.17, 15) is 0 Å². The van der Waals surface area contributed by atoms with Gasteiger partial charge in [-0.05, 0) is 43.1 Å². The van der Waals surface area contributed by atoms with Gasteiger partial charge in [-0.25, -0.2) is 0 Å². The minimum Gasteiger partial charge on any atom is -0.381 e. The van der Waals surface area contributed by atoms with Crippen LogP contribution in [-0.2, 0) is 24.1 Å². The van der Waals surface area contributed by atoms with Crippen LogP contribution in [0.25, 0.3) is 11.3 Å². The van der Waals surface area contributed by atoms with Gasteiger partial charge >= 0.3 is 0 Å². The summed E-state index contributed by atoms with van der Waals surface area (Å²) in [6, 6.07) is 13.2. The number of methoxy groups -OCH3 is 1. The molecule has 0 radical (unpaired) electrons. The quantitative estimate of drug-likeness (QED) is 0.765. The Morgan fingerprint density at radius 3 is 2.58 bits per heavy atom. The molecular formula is C21H30N2O. The zero-order valence-electron chi connectivity index (χ0n) is 15.3. The molecule has 1 aliphatic carbocycles. The average molecular weight is 326 g/mol. The van der Waals surface area contributed by atoms with Crippen LogP contribution >= 0.6 is 0 Å². The van der Waals surface area contributed by atoms with Crippen LogP contribution in [0.3, 0.4) is 0 Å². The number of nitrogens with zero attached hydrogens (tertiary/aromatic N) is 2. The number of benzene rings is 1. The van der Waals surface area contributed by atoms with Crippen molar-refractivity contribution in [3.8, 4) is 11.3 Å². The lowest BCUT2D eigenvalue weighted by atomic mass is 9.95. The molecule has 0 amide bonds. The van der Waals surface area contributed by atoms with Crippen LogP contribution in [0.5, 0.6) is 0 Å². The molecule has 0 saturated heterocycles. The molecule has 0 aliphatic heterocycles. The number of fused-ring (bicyclic) bond motifs is 1. The smallest absolute Gasteiger partial charge is 0.0616 e. The number of rotatable bonds is 7. The maximum absolute atomic E-state index is 5.62. The van der Waals surface area contributed by atoms with Crippen LogP contribution in [0.15, 0.2) is 36.4 Å². The van der Waals surface area contributed by atoms with Crippen molar-refractivity contribution in [3.05, 3.63) is 47.7 Å². The van der Waals surface area contributed by atoms with Crippen molar-refractivity contribution in [2.24, 2.45) is 0 Å². The van der Waals surface area contributed by atoms with E-state index in [4.69, 9.17) is 4.74 Å². The SMILES string of the molecule is CCN(CC)CCn1c(-c2ccccc2)cc2c1CCC(OC)C2. The summed E-state index contributed by atoms with van der Waals surface area (Å²) >= 11 is 0. The van der Waals surface area contributed by atoms with E-state index in [2.05, 4.69) is 59.7 Å². The largest absolute Gasteiger partial charge is 0.381 e. The Bertz CT molecular complexity index is 643. The molecule has 0 bridgehead atoms. The summed E-state index contributed by atoms with van der Waals surface area (Å²) in [4.78, 5) is 2.50. The third-order valence-corrected chi connectivity index (χ3v) is 5.39. The molecule has 1 aliphatic rings. The third-order valence-electron chi connectivity index (χ3n) is 5.39. The van der Waals surface area contributed by atoms with E-state index in [-0.39, 0.29) is 0 Å². The first-order valence-electron chi connectivity index (χ1n) is 9.28. The van der Waals surface area contributed by atoms with Crippen LogP contribution < -0.4 is 0 Å². The molecule has 0 N–H and O–H groups in total. The maximum Gasteiger partial charge on any atom is 0.0616 e. The number of hydrogen-bond donors (Lipinski definition) is 0. The highest BCUT2D eigenvalue weighted by Crippen LogP contribution is 2.31. The zero-order chi connectivity index (χ0) is 16.9. The van der Waals surface area contributed by atoms with Crippen molar-refractivity contribution in [2.45, 2.75) is 45.8 Å². The van der Waals surface area contributed by atoms with Gasteiger partial charge in [0.05, 0.1) is 6.10 Å². The second-order valence-electron chi connectivity index (χ2n) is 6.65. The monoisotopic (exact) mass is 326 g/mol. The van der Waals surface area contributed by atoms with Crippen molar-refractivity contribution in [1.82, 2.24) is 9.47 Å². The molecule has 1 atom stereocenters. The summed E-state index contributed by atoms with van der Waals surface area (Å²) in [7, 11) is 1.84. The van der Waals surface area contributed by atoms with E-state index in [0.29, 0.717) is 6.10 Å². The Balaban J connectivity index is 1.93. The molecule has 3 nitrogen and oxygen atoms in total. The van der Waals surface area contributed by atoms with Gasteiger partial charge < -0.3 is 14.2 Å². The second-order valence-corrected chi connectivity index (χ2v) is 6.65. The lowest BCUT2D eigenvalue weighted by molar-refractivity contribution is 0.0903. The van der Waals surface area contributed by atoms with E-state index in [1.807, 2.05) is 7.11 Å². The Hall–Kier alpha value is -1.58. The van der Waals surface area contributed by atoms with E-state index in [1.54, 1.807) is 0 Å². The molecule has 0 fully saturated rings. The fourth-order valence-electron chi connectivity index (χ4n) is 3.85. The van der Waals surface area contributed by atoms with Gasteiger partial charge in [0.15, 0.2) is 0 Å². The van der Waals surface area contributed by atoms with Crippen molar-refractivity contribution < 1.29 is 4.74 Å². The molecule has 3 heteroatoms. The molecule has 1 unspecified atom stereocenters. The van der Waals surface area contributed by atoms with Gasteiger partial charge in [0.25, 0.3) is 0 Å². The van der Waals surface area contributed by atoms with Gasteiger partial charge in [-0.15, -0.1) is 0 Å². The first-order valence-corrected chi connectivity index (χ1v) is 9.28. The van der Waals surface area contributed by atoms with Crippen molar-refractivity contribution >= 4 is 0 Å². The predicted octanol–water partition coefficient (Wildman–Crippen LogP) is 4.00. The summed E-state index contributed by atoms with van der Waals surface area (Å²) < 4.78 is 8.18. The van der Waals surface area contributed by atoms with Gasteiger partial charge in [-0.3, -0.25) is 0 Å². The summed E-state index contributed by atoms with van der Waals surface area (Å²) in [6.45, 7) is 8.91. The van der Waals surface area contributed by atoms with Gasteiger partial charge in [-0.2, -0.15) is 0 Å². The molecule has 130 valence electrons. The van der Waals surface area contributed by atoms with Gasteiger partial charge in [0, 0.05) is 38.0 Å². The van der Waals surface area contributed by atoms with Crippen LogP contribution in [0, 0.1) is 0 Å². The Labute approximate surface area is 146 Å². The minimum absolute atomic E-state index is 0.375. The number of aromatic nitrogens is 1. The number of hydrogen-bond acceptors (Lipinski definition) is 2. The summed E-state index contributed by atoms with van der Waals surface area (Å²) in [5.41, 5.74) is 5.69. The highest BCUT2D eigenvalue weighted by atomic mass is 16.5. The highest BCUT2D eigenvalue weighted by Gasteiger charge is 2.24. The number of likely N-dealkylation sites (N-methyl/N-ethyl adjacent to an activating group) is 1. The van der Waals surface area contributed by atoms with Crippen molar-refractivity contribution in [1.29, 1.82) is 0 Å². The Kier molecular flexibility index (Phi) is 5.75. The molecular weight excluding hydrogens is 296 g/mol. The zero-order valence-corrected chi connectivity index (χ0v) is 15.3. The highest BCUT2D eigenvalue weighted by molar-refractivity contribution is 5.63. The first kappa shape index (κ1) is 17.2. The fourth-order valence-corrected chi connectivity index (χ4v) is 3.85. The number of ether oxygens (including phenoxy) is 1. The van der Waals surface area contributed by atoms with E-state index in [0.717, 1.165) is 45.4 Å². The van der Waals surface area contributed by atoms with E-state index >= 15 is 0 Å². The molecule has 0 saturated carbocycles. The lowest BCUT2D eigenvalue weighted by Crippen LogP contribution is -2.28. The summed E-state index contributed by atoms with van der Waals surface area (Å²) in [5, 5.41) is 0. The van der Waals surface area contributed by atoms with Crippen LogP contribution in [-0.4, -0.2) is 42.3 Å². The Morgan fingerprint density at radius 2 is 1.92 bits per heavy atom. The molecule has 0 spiro atoms. The summed E-state index contributed by atoms with van der Waals surface area (Å²) in [6.07, 6.45) is 3.68. The van der Waals surface area contributed by atoms with Crippen LogP contribution in [0.4, 0.5) is 0 Å². The lowest BCUT2D eigenvalue weighted by Gasteiger charge is -2.25. The molecule has 2 aromatic rings. The van der Waals surface area contributed by atoms with E-state index in [1.165, 1.54) is 22.5 Å². The molecule has 1 aromatic heterocycles. The molecule has 24 heavy (non-hydrogen) atoms. The van der Waals surface area contributed by atoms with Crippen LogP contribution in [0.1, 0.15) is 31.5 Å². The standard InChI is InChI=1S/C21H30N2O/c1-4-22(5-2)13-14-23-20-12-11-19(24-3)15-18(20)16-21(23)17-9-7-6-8-10-17/h6-10,16,19H,4-5,11-15H2,1-3H3. The topological polar surface area (TPSA) is 17.4 Å². The van der Waals surface area contributed by atoms with Gasteiger partial charge in [0.1, 0.15) is 0 Å². The van der Waals surface area contributed by atoms with Crippen molar-refractivity contribution in [3.63, 3.8) is 0 Å². The van der Waals surface area contributed by atoms with Crippen molar-refractivity contribution in [2.75, 3.05) is 26.7 Å².